The van der Waals surface area contributed by atoms with Crippen LogP contribution in [0.4, 0.5) is 23.5 Å². The second kappa shape index (κ2) is 6.18. The number of amides is 1. The number of ether oxygens (including phenoxy) is 1. The number of alkyl halides is 3. The van der Waals surface area contributed by atoms with Crippen molar-refractivity contribution < 1.29 is 27.1 Å². The molecule has 22 heavy (non-hydrogen) atoms. The molecule has 0 saturated carbocycles. The summed E-state index contributed by atoms with van der Waals surface area (Å²) in [7, 11) is 0. The van der Waals surface area contributed by atoms with Crippen molar-refractivity contribution in [2.24, 2.45) is 0 Å². The lowest BCUT2D eigenvalue weighted by Gasteiger charge is -2.06. The number of carbonyl (C=O) groups excluding carboxylic acids is 1. The van der Waals surface area contributed by atoms with Crippen LogP contribution in [-0.2, 0) is 11.0 Å². The molecule has 1 heterocycles. The summed E-state index contributed by atoms with van der Waals surface area (Å²) in [5.41, 5.74) is 0. The zero-order chi connectivity index (χ0) is 16.3. The summed E-state index contributed by atoms with van der Waals surface area (Å²) in [5.74, 6) is -3.22. The summed E-state index contributed by atoms with van der Waals surface area (Å²) in [6.45, 7) is -0.544. The van der Waals surface area contributed by atoms with E-state index >= 15 is 0 Å². The molecule has 0 bridgehead atoms. The monoisotopic (exact) mass is 338 g/mol. The van der Waals surface area contributed by atoms with Crippen molar-refractivity contribution in [3.63, 3.8) is 0 Å². The van der Waals surface area contributed by atoms with E-state index in [1.54, 1.807) is 5.10 Å². The highest BCUT2D eigenvalue weighted by molar-refractivity contribution is 6.30. The summed E-state index contributed by atoms with van der Waals surface area (Å²) >= 11 is 5.52. The Kier molecular flexibility index (Phi) is 4.50. The van der Waals surface area contributed by atoms with E-state index in [1.165, 1.54) is 6.07 Å². The fraction of sp³-hybridized carbons (Fsp3) is 0.182. The lowest BCUT2D eigenvalue weighted by Crippen LogP contribution is -2.21. The van der Waals surface area contributed by atoms with Crippen molar-refractivity contribution in [1.82, 2.24) is 15.2 Å². The van der Waals surface area contributed by atoms with E-state index in [0.29, 0.717) is 0 Å². The van der Waals surface area contributed by atoms with Gasteiger partial charge in [-0.1, -0.05) is 11.6 Å². The molecular formula is C11H7ClF4N4O2. The number of hydrogen-bond acceptors (Lipinski definition) is 4. The van der Waals surface area contributed by atoms with E-state index in [4.69, 9.17) is 16.3 Å². The van der Waals surface area contributed by atoms with Gasteiger partial charge in [0.15, 0.2) is 6.61 Å². The highest BCUT2D eigenvalue weighted by Crippen LogP contribution is 2.26. The molecule has 0 atom stereocenters. The predicted octanol–water partition coefficient (Wildman–Crippen LogP) is 2.63. The molecule has 0 spiro atoms. The molecule has 1 amide bonds. The summed E-state index contributed by atoms with van der Waals surface area (Å²) in [6.07, 6.45) is -4.70. The molecule has 118 valence electrons. The molecule has 2 N–H and O–H groups in total. The van der Waals surface area contributed by atoms with E-state index < -0.39 is 36.3 Å². The van der Waals surface area contributed by atoms with Gasteiger partial charge in [0, 0.05) is 6.07 Å². The summed E-state index contributed by atoms with van der Waals surface area (Å²) < 4.78 is 54.7. The topological polar surface area (TPSA) is 79.9 Å². The maximum atomic E-state index is 12.9. The second-order valence-electron chi connectivity index (χ2n) is 3.92. The number of anilines is 1. The summed E-state index contributed by atoms with van der Waals surface area (Å²) in [6, 6.07) is 3.43. The molecule has 6 nitrogen and oxygen atoms in total. The molecule has 1 aromatic carbocycles. The number of rotatable bonds is 4. The maximum Gasteiger partial charge on any atom is 0.451 e. The van der Waals surface area contributed by atoms with E-state index in [0.717, 1.165) is 12.1 Å². The van der Waals surface area contributed by atoms with E-state index in [2.05, 4.69) is 10.1 Å². The van der Waals surface area contributed by atoms with Gasteiger partial charge >= 0.3 is 6.18 Å². The molecule has 0 unspecified atom stereocenters. The number of benzene rings is 1. The van der Waals surface area contributed by atoms with Crippen molar-refractivity contribution in [2.75, 3.05) is 11.9 Å². The number of aromatic amines is 1. The van der Waals surface area contributed by atoms with Crippen molar-refractivity contribution in [2.45, 2.75) is 6.18 Å². The molecule has 0 radical (unpaired) electrons. The predicted molar refractivity (Wildman–Crippen MR) is 66.9 cm³/mol. The summed E-state index contributed by atoms with van der Waals surface area (Å²) in [4.78, 5) is 14.5. The highest BCUT2D eigenvalue weighted by Gasteiger charge is 2.35. The Labute approximate surface area is 125 Å². The van der Waals surface area contributed by atoms with Gasteiger partial charge in [-0.2, -0.15) is 18.2 Å². The third kappa shape index (κ3) is 4.07. The van der Waals surface area contributed by atoms with Crippen LogP contribution in [0.3, 0.4) is 0 Å². The molecule has 1 aromatic heterocycles. The van der Waals surface area contributed by atoms with Gasteiger partial charge < -0.3 is 4.74 Å². The Morgan fingerprint density at radius 1 is 1.41 bits per heavy atom. The zero-order valence-corrected chi connectivity index (χ0v) is 11.3. The van der Waals surface area contributed by atoms with Crippen LogP contribution in [0.15, 0.2) is 18.2 Å². The lowest BCUT2D eigenvalue weighted by molar-refractivity contribution is -0.144. The van der Waals surface area contributed by atoms with Gasteiger partial charge in [-0.05, 0) is 12.1 Å². The molecule has 2 aromatic rings. The Morgan fingerprint density at radius 3 is 2.73 bits per heavy atom. The Morgan fingerprint density at radius 2 is 2.14 bits per heavy atom. The van der Waals surface area contributed by atoms with Gasteiger partial charge in [-0.3, -0.25) is 15.2 Å². The van der Waals surface area contributed by atoms with Gasteiger partial charge in [0.2, 0.25) is 11.8 Å². The molecule has 0 aliphatic heterocycles. The van der Waals surface area contributed by atoms with E-state index in [9.17, 15) is 22.4 Å². The average Bonchev–Trinajstić information content (AvgIpc) is 2.88. The third-order valence-corrected chi connectivity index (χ3v) is 2.56. The van der Waals surface area contributed by atoms with Crippen LogP contribution in [0.1, 0.15) is 5.82 Å². The number of aromatic nitrogens is 3. The van der Waals surface area contributed by atoms with Gasteiger partial charge in [0.1, 0.15) is 11.6 Å². The molecule has 11 heteroatoms. The minimum Gasteiger partial charge on any atom is -0.484 e. The molecule has 0 aliphatic rings. The van der Waals surface area contributed by atoms with Crippen molar-refractivity contribution >= 4 is 23.5 Å². The van der Waals surface area contributed by atoms with Gasteiger partial charge in [0.25, 0.3) is 5.91 Å². The molecule has 0 aliphatic carbocycles. The number of halogens is 5. The van der Waals surface area contributed by atoms with Crippen molar-refractivity contribution in [3.8, 4) is 5.75 Å². The quantitative estimate of drug-likeness (QED) is 0.840. The van der Waals surface area contributed by atoms with Crippen LogP contribution in [0, 0.1) is 5.82 Å². The van der Waals surface area contributed by atoms with Gasteiger partial charge in [0.05, 0.1) is 5.02 Å². The fourth-order valence-corrected chi connectivity index (χ4v) is 1.49. The van der Waals surface area contributed by atoms with Crippen LogP contribution in [0.2, 0.25) is 5.02 Å². The van der Waals surface area contributed by atoms with Crippen molar-refractivity contribution in [3.05, 3.63) is 34.9 Å². The molecule has 2 rings (SSSR count). The van der Waals surface area contributed by atoms with E-state index in [-0.39, 0.29) is 10.8 Å². The van der Waals surface area contributed by atoms with Gasteiger partial charge in [-0.25, -0.2) is 4.39 Å². The van der Waals surface area contributed by atoms with Crippen LogP contribution >= 0.6 is 11.6 Å². The van der Waals surface area contributed by atoms with Crippen molar-refractivity contribution in [1.29, 1.82) is 0 Å². The zero-order valence-electron chi connectivity index (χ0n) is 10.5. The number of carbonyl (C=O) groups is 1. The first-order valence-corrected chi connectivity index (χ1v) is 6.01. The minimum atomic E-state index is -4.70. The Hall–Kier alpha value is -2.36. The number of nitrogens with zero attached hydrogens (tertiary/aromatic N) is 2. The molecular weight excluding hydrogens is 332 g/mol. The smallest absolute Gasteiger partial charge is 0.451 e. The number of hydrogen-bond donors (Lipinski definition) is 2. The minimum absolute atomic E-state index is 0.118. The third-order valence-electron chi connectivity index (χ3n) is 2.27. The van der Waals surface area contributed by atoms with Gasteiger partial charge in [-0.15, -0.1) is 5.10 Å². The fourth-order valence-electron chi connectivity index (χ4n) is 1.32. The summed E-state index contributed by atoms with van der Waals surface area (Å²) in [5, 5.41) is 6.64. The number of H-pyrrole nitrogens is 1. The number of nitrogens with one attached hydrogen (secondary N) is 2. The molecule has 0 saturated heterocycles. The first-order valence-electron chi connectivity index (χ1n) is 5.63. The second-order valence-corrected chi connectivity index (χ2v) is 4.33. The van der Waals surface area contributed by atoms with Crippen LogP contribution in [0.5, 0.6) is 5.75 Å². The average molecular weight is 339 g/mol. The maximum absolute atomic E-state index is 12.9. The largest absolute Gasteiger partial charge is 0.484 e. The van der Waals surface area contributed by atoms with Crippen LogP contribution in [0.25, 0.3) is 0 Å². The first-order chi connectivity index (χ1) is 10.3. The Bertz CT molecular complexity index is 689. The highest BCUT2D eigenvalue weighted by atomic mass is 35.5. The lowest BCUT2D eigenvalue weighted by atomic mass is 10.3. The van der Waals surface area contributed by atoms with E-state index in [1.807, 2.05) is 5.32 Å². The SMILES string of the molecule is O=C(COc1ccc(F)c(Cl)c1)Nc1n[nH]c(C(F)(F)F)n1. The van der Waals surface area contributed by atoms with Crippen LogP contribution < -0.4 is 10.1 Å². The normalized spacial score (nSPS) is 11.3. The molecule has 0 fully saturated rings. The Balaban J connectivity index is 1.90. The first kappa shape index (κ1) is 16.0. The standard InChI is InChI=1S/C11H7ClF4N4O2/c12-6-3-5(1-2-7(6)13)22-4-8(21)17-10-18-9(19-20-10)11(14,15)16/h1-3H,4H2,(H2,17,18,19,20,21). The van der Waals surface area contributed by atoms with Crippen LogP contribution in [-0.4, -0.2) is 27.7 Å².